The number of rotatable bonds is 6. The van der Waals surface area contributed by atoms with Crippen LogP contribution in [0.2, 0.25) is 0 Å². The number of primary amides is 1. The zero-order valence-corrected chi connectivity index (χ0v) is 8.60. The second-order valence-electron chi connectivity index (χ2n) is 3.30. The summed E-state index contributed by atoms with van der Waals surface area (Å²) in [7, 11) is 0. The largest absolute Gasteiger partial charge is 0.396 e. The van der Waals surface area contributed by atoms with Gasteiger partial charge in [0.25, 0.3) is 0 Å². The van der Waals surface area contributed by atoms with E-state index in [0.29, 0.717) is 13.0 Å². The highest BCUT2D eigenvalue weighted by Gasteiger charge is 2.07. The Kier molecular flexibility index (Phi) is 4.63. The van der Waals surface area contributed by atoms with Crippen molar-refractivity contribution in [2.24, 2.45) is 5.73 Å². The standard InChI is InChI=1S/C11H16N2O2/c12-11(15)9-13(7-4-8-14)10-5-2-1-3-6-10/h1-3,5-6,14H,4,7-9H2,(H2,12,15). The molecule has 0 fully saturated rings. The van der Waals surface area contributed by atoms with E-state index in [2.05, 4.69) is 0 Å². The van der Waals surface area contributed by atoms with E-state index in [1.807, 2.05) is 35.2 Å². The van der Waals surface area contributed by atoms with Gasteiger partial charge in [0.1, 0.15) is 0 Å². The van der Waals surface area contributed by atoms with Crippen molar-refractivity contribution >= 4 is 11.6 Å². The van der Waals surface area contributed by atoms with Crippen molar-refractivity contribution in [3.8, 4) is 0 Å². The number of aliphatic hydroxyl groups is 1. The van der Waals surface area contributed by atoms with Gasteiger partial charge in [0.05, 0.1) is 6.54 Å². The van der Waals surface area contributed by atoms with Gasteiger partial charge in [0.2, 0.25) is 5.91 Å². The van der Waals surface area contributed by atoms with E-state index in [1.54, 1.807) is 0 Å². The van der Waals surface area contributed by atoms with Gasteiger partial charge in [-0.25, -0.2) is 0 Å². The number of nitrogens with two attached hydrogens (primary N) is 1. The molecule has 1 rings (SSSR count). The van der Waals surface area contributed by atoms with Crippen molar-refractivity contribution in [1.29, 1.82) is 0 Å². The molecule has 0 unspecified atom stereocenters. The maximum atomic E-state index is 10.9. The first-order chi connectivity index (χ1) is 7.24. The molecular weight excluding hydrogens is 192 g/mol. The van der Waals surface area contributed by atoms with Crippen molar-refractivity contribution in [1.82, 2.24) is 0 Å². The van der Waals surface area contributed by atoms with Gasteiger partial charge >= 0.3 is 0 Å². The van der Waals surface area contributed by atoms with Gasteiger partial charge in [-0.15, -0.1) is 0 Å². The summed E-state index contributed by atoms with van der Waals surface area (Å²) in [6, 6.07) is 9.56. The van der Waals surface area contributed by atoms with E-state index < -0.39 is 0 Å². The first-order valence-electron chi connectivity index (χ1n) is 4.93. The predicted octanol–water partition coefficient (Wildman–Crippen LogP) is 0.361. The fourth-order valence-electron chi connectivity index (χ4n) is 1.39. The Morgan fingerprint density at radius 1 is 1.33 bits per heavy atom. The molecule has 0 radical (unpaired) electrons. The van der Waals surface area contributed by atoms with Crippen molar-refractivity contribution in [3.05, 3.63) is 30.3 Å². The Labute approximate surface area is 89.3 Å². The molecule has 0 saturated heterocycles. The number of anilines is 1. The lowest BCUT2D eigenvalue weighted by Crippen LogP contribution is -2.34. The van der Waals surface area contributed by atoms with Gasteiger partial charge in [-0.2, -0.15) is 0 Å². The maximum absolute atomic E-state index is 10.9. The molecule has 0 heterocycles. The van der Waals surface area contributed by atoms with E-state index in [-0.39, 0.29) is 19.1 Å². The lowest BCUT2D eigenvalue weighted by molar-refractivity contribution is -0.116. The van der Waals surface area contributed by atoms with Crippen LogP contribution in [0.1, 0.15) is 6.42 Å². The minimum absolute atomic E-state index is 0.113. The van der Waals surface area contributed by atoms with Gasteiger partial charge < -0.3 is 15.7 Å². The van der Waals surface area contributed by atoms with Crippen LogP contribution in [0.15, 0.2) is 30.3 Å². The van der Waals surface area contributed by atoms with Crippen molar-refractivity contribution in [2.45, 2.75) is 6.42 Å². The van der Waals surface area contributed by atoms with Crippen molar-refractivity contribution < 1.29 is 9.90 Å². The van der Waals surface area contributed by atoms with Crippen LogP contribution >= 0.6 is 0 Å². The summed E-state index contributed by atoms with van der Waals surface area (Å²) in [5.74, 6) is -0.364. The third-order valence-electron chi connectivity index (χ3n) is 2.05. The number of amides is 1. The topological polar surface area (TPSA) is 66.6 Å². The molecular formula is C11H16N2O2. The maximum Gasteiger partial charge on any atom is 0.236 e. The van der Waals surface area contributed by atoms with Crippen LogP contribution in [0.25, 0.3) is 0 Å². The fraction of sp³-hybridized carbons (Fsp3) is 0.364. The Morgan fingerprint density at radius 3 is 2.53 bits per heavy atom. The highest BCUT2D eigenvalue weighted by molar-refractivity contribution is 5.79. The van der Waals surface area contributed by atoms with Crippen LogP contribution < -0.4 is 10.6 Å². The van der Waals surface area contributed by atoms with Gasteiger partial charge in [-0.1, -0.05) is 18.2 Å². The number of hydrogen-bond donors (Lipinski definition) is 2. The average Bonchev–Trinajstić information content (AvgIpc) is 2.25. The quantitative estimate of drug-likeness (QED) is 0.709. The number of carbonyl (C=O) groups is 1. The first-order valence-corrected chi connectivity index (χ1v) is 4.93. The highest BCUT2D eigenvalue weighted by Crippen LogP contribution is 2.12. The van der Waals surface area contributed by atoms with Crippen LogP contribution in [0.3, 0.4) is 0 Å². The molecule has 0 spiro atoms. The summed E-state index contributed by atoms with van der Waals surface area (Å²) in [5.41, 5.74) is 6.11. The van der Waals surface area contributed by atoms with Crippen LogP contribution in [0.4, 0.5) is 5.69 Å². The zero-order chi connectivity index (χ0) is 11.1. The number of benzene rings is 1. The SMILES string of the molecule is NC(=O)CN(CCCO)c1ccccc1. The fourth-order valence-corrected chi connectivity index (χ4v) is 1.39. The number of nitrogens with zero attached hydrogens (tertiary/aromatic N) is 1. The molecule has 3 N–H and O–H groups in total. The Hall–Kier alpha value is -1.55. The van der Waals surface area contributed by atoms with Gasteiger partial charge in [-0.3, -0.25) is 4.79 Å². The summed E-state index contributed by atoms with van der Waals surface area (Å²) in [6.07, 6.45) is 0.627. The third kappa shape index (κ3) is 3.99. The number of aliphatic hydroxyl groups excluding tert-OH is 1. The van der Waals surface area contributed by atoms with Crippen LogP contribution in [-0.4, -0.2) is 30.7 Å². The van der Waals surface area contributed by atoms with Gasteiger partial charge in [0.15, 0.2) is 0 Å². The second kappa shape index (κ2) is 6.03. The Balaban J connectivity index is 2.67. The molecule has 82 valence electrons. The molecule has 0 aliphatic heterocycles. The van der Waals surface area contributed by atoms with E-state index >= 15 is 0 Å². The van der Waals surface area contributed by atoms with Crippen molar-refractivity contribution in [2.75, 3.05) is 24.6 Å². The van der Waals surface area contributed by atoms with Gasteiger partial charge in [0, 0.05) is 18.8 Å². The van der Waals surface area contributed by atoms with Crippen LogP contribution in [-0.2, 0) is 4.79 Å². The Morgan fingerprint density at radius 2 is 2.00 bits per heavy atom. The van der Waals surface area contributed by atoms with Crippen LogP contribution in [0, 0.1) is 0 Å². The molecule has 4 nitrogen and oxygen atoms in total. The zero-order valence-electron chi connectivity index (χ0n) is 8.60. The molecule has 0 aliphatic carbocycles. The van der Waals surface area contributed by atoms with Crippen LogP contribution in [0.5, 0.6) is 0 Å². The molecule has 4 heteroatoms. The molecule has 1 aromatic rings. The summed E-state index contributed by atoms with van der Waals surface area (Å²) in [5, 5.41) is 8.75. The minimum Gasteiger partial charge on any atom is -0.396 e. The summed E-state index contributed by atoms with van der Waals surface area (Å²) >= 11 is 0. The van der Waals surface area contributed by atoms with Crippen molar-refractivity contribution in [3.63, 3.8) is 0 Å². The highest BCUT2D eigenvalue weighted by atomic mass is 16.3. The second-order valence-corrected chi connectivity index (χ2v) is 3.30. The van der Waals surface area contributed by atoms with Gasteiger partial charge in [-0.05, 0) is 18.6 Å². The average molecular weight is 208 g/mol. The smallest absolute Gasteiger partial charge is 0.236 e. The van der Waals surface area contributed by atoms with E-state index in [1.165, 1.54) is 0 Å². The van der Waals surface area contributed by atoms with E-state index in [9.17, 15) is 4.79 Å². The lowest BCUT2D eigenvalue weighted by atomic mass is 10.2. The van der Waals surface area contributed by atoms with E-state index in [4.69, 9.17) is 10.8 Å². The molecule has 0 atom stereocenters. The summed E-state index contributed by atoms with van der Waals surface area (Å²) in [4.78, 5) is 12.7. The molecule has 0 aliphatic rings. The first kappa shape index (κ1) is 11.5. The molecule has 1 aromatic carbocycles. The lowest BCUT2D eigenvalue weighted by Gasteiger charge is -2.22. The number of para-hydroxylation sites is 1. The number of carbonyl (C=O) groups excluding carboxylic acids is 1. The monoisotopic (exact) mass is 208 g/mol. The molecule has 0 bridgehead atoms. The van der Waals surface area contributed by atoms with E-state index in [0.717, 1.165) is 5.69 Å². The molecule has 1 amide bonds. The Bertz CT molecular complexity index is 301. The predicted molar refractivity (Wildman–Crippen MR) is 59.6 cm³/mol. The molecule has 0 saturated carbocycles. The number of hydrogen-bond acceptors (Lipinski definition) is 3. The normalized spacial score (nSPS) is 9.93. The molecule has 15 heavy (non-hydrogen) atoms. The minimum atomic E-state index is -0.364. The summed E-state index contributed by atoms with van der Waals surface area (Å²) < 4.78 is 0. The summed E-state index contributed by atoms with van der Waals surface area (Å²) in [6.45, 7) is 0.926. The molecule has 0 aromatic heterocycles. The third-order valence-corrected chi connectivity index (χ3v) is 2.05.